The lowest BCUT2D eigenvalue weighted by Gasteiger charge is -2.20. The van der Waals surface area contributed by atoms with Crippen molar-refractivity contribution in [1.82, 2.24) is 15.1 Å². The molecule has 0 saturated carbocycles. The second-order valence-electron chi connectivity index (χ2n) is 6.68. The molecule has 2 unspecified atom stereocenters. The summed E-state index contributed by atoms with van der Waals surface area (Å²) in [5.74, 6) is -1.02. The SMILES string of the molecule is CCC(C)C(NC(=O)/C=C/c1c(C)nn(Cc2ccc(Cl)cc2)c1Cl)C(N)=O. The van der Waals surface area contributed by atoms with E-state index in [1.807, 2.05) is 32.9 Å². The molecular formula is C20H24Cl2N4O2. The number of hydrogen-bond donors (Lipinski definition) is 2. The first-order valence-electron chi connectivity index (χ1n) is 8.98. The molecule has 2 aromatic rings. The highest BCUT2D eigenvalue weighted by molar-refractivity contribution is 6.31. The summed E-state index contributed by atoms with van der Waals surface area (Å²) < 4.78 is 1.66. The Bertz CT molecular complexity index is 875. The van der Waals surface area contributed by atoms with Gasteiger partial charge in [-0.25, -0.2) is 4.68 Å². The first-order valence-corrected chi connectivity index (χ1v) is 9.73. The number of nitrogens with two attached hydrogens (primary N) is 1. The molecule has 2 rings (SSSR count). The molecule has 0 bridgehead atoms. The van der Waals surface area contributed by atoms with Gasteiger partial charge >= 0.3 is 0 Å². The van der Waals surface area contributed by atoms with E-state index in [0.29, 0.717) is 28.0 Å². The van der Waals surface area contributed by atoms with Crippen LogP contribution in [0, 0.1) is 12.8 Å². The van der Waals surface area contributed by atoms with Crippen molar-refractivity contribution in [2.75, 3.05) is 0 Å². The zero-order chi connectivity index (χ0) is 20.8. The van der Waals surface area contributed by atoms with Gasteiger partial charge in [0.15, 0.2) is 0 Å². The number of carbonyl (C=O) groups excluding carboxylic acids is 2. The van der Waals surface area contributed by atoms with Crippen LogP contribution in [0.15, 0.2) is 30.3 Å². The van der Waals surface area contributed by atoms with Gasteiger partial charge in [-0.15, -0.1) is 0 Å². The molecule has 1 aromatic heterocycles. The Hall–Kier alpha value is -2.31. The molecule has 1 heterocycles. The van der Waals surface area contributed by atoms with E-state index in [9.17, 15) is 9.59 Å². The lowest BCUT2D eigenvalue weighted by atomic mass is 9.98. The average Bonchev–Trinajstić information content (AvgIpc) is 2.92. The van der Waals surface area contributed by atoms with Gasteiger partial charge in [-0.3, -0.25) is 9.59 Å². The van der Waals surface area contributed by atoms with Gasteiger partial charge in [-0.05, 0) is 36.6 Å². The number of hydrogen-bond acceptors (Lipinski definition) is 3. The van der Waals surface area contributed by atoms with Crippen LogP contribution in [-0.4, -0.2) is 27.6 Å². The molecule has 1 aromatic carbocycles. The van der Waals surface area contributed by atoms with E-state index in [-0.39, 0.29) is 5.92 Å². The summed E-state index contributed by atoms with van der Waals surface area (Å²) in [6.45, 7) is 6.09. The normalized spacial score (nSPS) is 13.5. The minimum absolute atomic E-state index is 0.0534. The maximum atomic E-state index is 12.2. The molecule has 6 nitrogen and oxygen atoms in total. The van der Waals surface area contributed by atoms with E-state index in [0.717, 1.165) is 12.0 Å². The Kier molecular flexibility index (Phi) is 7.66. The number of nitrogens with one attached hydrogen (secondary N) is 1. The predicted molar refractivity (Wildman–Crippen MR) is 112 cm³/mol. The summed E-state index contributed by atoms with van der Waals surface area (Å²) in [4.78, 5) is 23.8. The van der Waals surface area contributed by atoms with Crippen LogP contribution in [0.3, 0.4) is 0 Å². The molecule has 3 N–H and O–H groups in total. The van der Waals surface area contributed by atoms with Gasteiger partial charge in [-0.1, -0.05) is 55.6 Å². The number of nitrogens with zero attached hydrogens (tertiary/aromatic N) is 2. The van der Waals surface area contributed by atoms with Crippen LogP contribution in [0.4, 0.5) is 0 Å². The van der Waals surface area contributed by atoms with Gasteiger partial charge < -0.3 is 11.1 Å². The third kappa shape index (κ3) is 5.59. The molecule has 2 amide bonds. The van der Waals surface area contributed by atoms with Crippen LogP contribution in [0.5, 0.6) is 0 Å². The maximum Gasteiger partial charge on any atom is 0.244 e. The number of aryl methyl sites for hydroxylation is 1. The number of primary amides is 1. The van der Waals surface area contributed by atoms with Crippen molar-refractivity contribution in [3.8, 4) is 0 Å². The standard InChI is InChI=1S/C20H24Cl2N4O2/c1-4-12(2)18(20(23)28)24-17(27)10-9-16-13(3)25-26(19(16)22)11-14-5-7-15(21)8-6-14/h5-10,12,18H,4,11H2,1-3H3,(H2,23,28)(H,24,27)/b10-9+. The van der Waals surface area contributed by atoms with Crippen molar-refractivity contribution >= 4 is 41.1 Å². The monoisotopic (exact) mass is 422 g/mol. The second kappa shape index (κ2) is 9.75. The molecule has 0 aliphatic carbocycles. The van der Waals surface area contributed by atoms with Crippen LogP contribution in [0.2, 0.25) is 10.2 Å². The average molecular weight is 423 g/mol. The third-order valence-corrected chi connectivity index (χ3v) is 5.22. The van der Waals surface area contributed by atoms with Crippen LogP contribution in [0.25, 0.3) is 6.08 Å². The summed E-state index contributed by atoms with van der Waals surface area (Å²) in [6.07, 6.45) is 3.65. The highest BCUT2D eigenvalue weighted by Crippen LogP contribution is 2.22. The number of carbonyl (C=O) groups is 2. The van der Waals surface area contributed by atoms with Crippen LogP contribution in [0.1, 0.15) is 37.1 Å². The first kappa shape index (κ1) is 22.0. The fourth-order valence-corrected chi connectivity index (χ4v) is 3.14. The van der Waals surface area contributed by atoms with Gasteiger partial charge in [0.25, 0.3) is 0 Å². The van der Waals surface area contributed by atoms with Gasteiger partial charge in [0.2, 0.25) is 11.8 Å². The molecule has 150 valence electrons. The Labute approximate surface area is 174 Å². The highest BCUT2D eigenvalue weighted by Gasteiger charge is 2.22. The van der Waals surface area contributed by atoms with E-state index in [1.165, 1.54) is 6.08 Å². The molecule has 0 radical (unpaired) electrons. The first-order chi connectivity index (χ1) is 13.2. The fraction of sp³-hybridized carbons (Fsp3) is 0.350. The van der Waals surface area contributed by atoms with Crippen LogP contribution < -0.4 is 11.1 Å². The topological polar surface area (TPSA) is 90.0 Å². The van der Waals surface area contributed by atoms with E-state index in [2.05, 4.69) is 10.4 Å². The van der Waals surface area contributed by atoms with Crippen molar-refractivity contribution in [2.24, 2.45) is 11.7 Å². The predicted octanol–water partition coefficient (Wildman–Crippen LogP) is 3.58. The lowest BCUT2D eigenvalue weighted by Crippen LogP contribution is -2.47. The molecule has 0 aliphatic rings. The zero-order valence-electron chi connectivity index (χ0n) is 16.1. The second-order valence-corrected chi connectivity index (χ2v) is 7.48. The smallest absolute Gasteiger partial charge is 0.244 e. The van der Waals surface area contributed by atoms with E-state index < -0.39 is 17.9 Å². The quantitative estimate of drug-likeness (QED) is 0.636. The molecule has 2 atom stereocenters. The Morgan fingerprint density at radius 2 is 1.93 bits per heavy atom. The van der Waals surface area contributed by atoms with Crippen molar-refractivity contribution in [2.45, 2.75) is 39.8 Å². The number of amides is 2. The number of halogens is 2. The highest BCUT2D eigenvalue weighted by atomic mass is 35.5. The number of aromatic nitrogens is 2. The molecule has 0 saturated heterocycles. The Balaban J connectivity index is 2.13. The zero-order valence-corrected chi connectivity index (χ0v) is 17.6. The molecular weight excluding hydrogens is 399 g/mol. The molecule has 8 heteroatoms. The summed E-state index contributed by atoms with van der Waals surface area (Å²) >= 11 is 12.3. The molecule has 28 heavy (non-hydrogen) atoms. The van der Waals surface area contributed by atoms with Gasteiger partial charge in [-0.2, -0.15) is 5.10 Å². The Morgan fingerprint density at radius 1 is 1.29 bits per heavy atom. The molecule has 0 spiro atoms. The molecule has 0 aliphatic heterocycles. The van der Waals surface area contributed by atoms with Crippen molar-refractivity contribution in [3.05, 3.63) is 57.3 Å². The summed E-state index contributed by atoms with van der Waals surface area (Å²) in [7, 11) is 0. The maximum absolute atomic E-state index is 12.2. The molecule has 0 fully saturated rings. The van der Waals surface area contributed by atoms with Crippen LogP contribution in [-0.2, 0) is 16.1 Å². The van der Waals surface area contributed by atoms with Crippen molar-refractivity contribution in [3.63, 3.8) is 0 Å². The van der Waals surface area contributed by atoms with Crippen molar-refractivity contribution < 1.29 is 9.59 Å². The summed E-state index contributed by atoms with van der Waals surface area (Å²) in [6, 6.07) is 6.69. The number of benzene rings is 1. The van der Waals surface area contributed by atoms with E-state index in [1.54, 1.807) is 22.9 Å². The van der Waals surface area contributed by atoms with E-state index in [4.69, 9.17) is 28.9 Å². The van der Waals surface area contributed by atoms with Crippen LogP contribution >= 0.6 is 23.2 Å². The van der Waals surface area contributed by atoms with Crippen molar-refractivity contribution in [1.29, 1.82) is 0 Å². The minimum atomic E-state index is -0.716. The summed E-state index contributed by atoms with van der Waals surface area (Å²) in [5.41, 5.74) is 7.72. The minimum Gasteiger partial charge on any atom is -0.368 e. The van der Waals surface area contributed by atoms with Gasteiger partial charge in [0, 0.05) is 16.7 Å². The summed E-state index contributed by atoms with van der Waals surface area (Å²) in [5, 5.41) is 8.16. The van der Waals surface area contributed by atoms with E-state index >= 15 is 0 Å². The lowest BCUT2D eigenvalue weighted by molar-refractivity contribution is -0.126. The third-order valence-electron chi connectivity index (χ3n) is 4.57. The van der Waals surface area contributed by atoms with Gasteiger partial charge in [0.1, 0.15) is 11.2 Å². The van der Waals surface area contributed by atoms with Gasteiger partial charge in [0.05, 0.1) is 12.2 Å². The Morgan fingerprint density at radius 3 is 2.50 bits per heavy atom. The fourth-order valence-electron chi connectivity index (χ4n) is 2.71. The largest absolute Gasteiger partial charge is 0.368 e. The number of rotatable bonds is 8.